The van der Waals surface area contributed by atoms with E-state index in [2.05, 4.69) is 5.32 Å². The second kappa shape index (κ2) is 8.07. The Labute approximate surface area is 93.3 Å². The molecular weight excluding hydrogens is 214 g/mol. The normalized spacial score (nSPS) is 12.3. The van der Waals surface area contributed by atoms with Gasteiger partial charge in [0.15, 0.2) is 9.84 Å². The van der Waals surface area contributed by atoms with Crippen molar-refractivity contribution in [3.05, 3.63) is 0 Å². The van der Waals surface area contributed by atoms with Crippen molar-refractivity contribution in [2.75, 3.05) is 31.3 Å². The van der Waals surface area contributed by atoms with Gasteiger partial charge in [-0.1, -0.05) is 13.8 Å². The monoisotopic (exact) mass is 237 g/mol. The first-order valence-corrected chi connectivity index (χ1v) is 7.31. The highest BCUT2D eigenvalue weighted by Gasteiger charge is 2.09. The molecule has 0 radical (unpaired) electrons. The fourth-order valence-electron chi connectivity index (χ4n) is 1.13. The second-order valence-electron chi connectivity index (χ2n) is 3.81. The van der Waals surface area contributed by atoms with Crippen LogP contribution in [0.5, 0.6) is 0 Å². The van der Waals surface area contributed by atoms with Gasteiger partial charge in [0.1, 0.15) is 0 Å². The summed E-state index contributed by atoms with van der Waals surface area (Å²) in [5.41, 5.74) is 0. The van der Waals surface area contributed by atoms with Gasteiger partial charge in [0.25, 0.3) is 0 Å². The lowest BCUT2D eigenvalue weighted by atomic mass is 10.4. The summed E-state index contributed by atoms with van der Waals surface area (Å²) in [5.74, 6) is 0.448. The first kappa shape index (κ1) is 14.9. The fourth-order valence-corrected chi connectivity index (χ4v) is 2.32. The second-order valence-corrected chi connectivity index (χ2v) is 6.11. The van der Waals surface area contributed by atoms with Crippen LogP contribution in [0.2, 0.25) is 0 Å². The Bertz CT molecular complexity index is 237. The molecule has 0 rings (SSSR count). The SMILES string of the molecule is CCOCCCS(=O)(=O)CCNC(C)C. The first-order chi connectivity index (χ1) is 6.98. The molecule has 0 aromatic heterocycles. The zero-order chi connectivity index (χ0) is 11.7. The zero-order valence-corrected chi connectivity index (χ0v) is 10.8. The van der Waals surface area contributed by atoms with Gasteiger partial charge in [-0.3, -0.25) is 0 Å². The summed E-state index contributed by atoms with van der Waals surface area (Å²) >= 11 is 0. The van der Waals surface area contributed by atoms with Gasteiger partial charge in [0.2, 0.25) is 0 Å². The molecule has 92 valence electrons. The third kappa shape index (κ3) is 10.2. The molecule has 0 aromatic carbocycles. The van der Waals surface area contributed by atoms with Gasteiger partial charge in [0.05, 0.1) is 11.5 Å². The molecule has 0 saturated carbocycles. The highest BCUT2D eigenvalue weighted by molar-refractivity contribution is 7.91. The highest BCUT2D eigenvalue weighted by atomic mass is 32.2. The van der Waals surface area contributed by atoms with E-state index in [-0.39, 0.29) is 11.5 Å². The van der Waals surface area contributed by atoms with E-state index in [1.54, 1.807) is 0 Å². The largest absolute Gasteiger partial charge is 0.382 e. The van der Waals surface area contributed by atoms with E-state index in [0.717, 1.165) is 0 Å². The summed E-state index contributed by atoms with van der Waals surface area (Å²) in [5, 5.41) is 3.09. The summed E-state index contributed by atoms with van der Waals surface area (Å²) in [6, 6.07) is 0.337. The number of hydrogen-bond donors (Lipinski definition) is 1. The molecule has 0 aliphatic heterocycles. The number of ether oxygens (including phenoxy) is 1. The minimum Gasteiger partial charge on any atom is -0.382 e. The maximum Gasteiger partial charge on any atom is 0.151 e. The van der Waals surface area contributed by atoms with Crippen LogP contribution in [0.3, 0.4) is 0 Å². The van der Waals surface area contributed by atoms with Gasteiger partial charge >= 0.3 is 0 Å². The average Bonchev–Trinajstić information content (AvgIpc) is 2.11. The van der Waals surface area contributed by atoms with Crippen molar-refractivity contribution in [2.45, 2.75) is 33.2 Å². The van der Waals surface area contributed by atoms with E-state index in [4.69, 9.17) is 4.74 Å². The smallest absolute Gasteiger partial charge is 0.151 e. The molecule has 0 atom stereocenters. The number of hydrogen-bond acceptors (Lipinski definition) is 4. The van der Waals surface area contributed by atoms with Crippen LogP contribution in [0.4, 0.5) is 0 Å². The summed E-state index contributed by atoms with van der Waals surface area (Å²) in [6.07, 6.45) is 0.595. The molecule has 1 N–H and O–H groups in total. The van der Waals surface area contributed by atoms with E-state index in [9.17, 15) is 8.42 Å². The molecular formula is C10H23NO3S. The van der Waals surface area contributed by atoms with Crippen LogP contribution in [0, 0.1) is 0 Å². The Kier molecular flexibility index (Phi) is 8.00. The molecule has 5 heteroatoms. The Morgan fingerprint density at radius 3 is 2.47 bits per heavy atom. The van der Waals surface area contributed by atoms with E-state index >= 15 is 0 Å². The number of sulfone groups is 1. The van der Waals surface area contributed by atoms with E-state index in [1.165, 1.54) is 0 Å². The van der Waals surface area contributed by atoms with Crippen LogP contribution < -0.4 is 5.32 Å². The van der Waals surface area contributed by atoms with Gasteiger partial charge in [-0.15, -0.1) is 0 Å². The molecule has 0 saturated heterocycles. The lowest BCUT2D eigenvalue weighted by Gasteiger charge is -2.08. The van der Waals surface area contributed by atoms with Gasteiger partial charge < -0.3 is 10.1 Å². The maximum absolute atomic E-state index is 11.5. The summed E-state index contributed by atoms with van der Waals surface area (Å²) in [4.78, 5) is 0. The quantitative estimate of drug-likeness (QED) is 0.603. The predicted octanol–water partition coefficient (Wildman–Crippen LogP) is 0.826. The summed E-state index contributed by atoms with van der Waals surface area (Å²) < 4.78 is 28.1. The molecule has 0 heterocycles. The molecule has 0 aliphatic rings. The van der Waals surface area contributed by atoms with Crippen molar-refractivity contribution in [1.82, 2.24) is 5.32 Å². The van der Waals surface area contributed by atoms with Crippen LogP contribution in [0.25, 0.3) is 0 Å². The third-order valence-corrected chi connectivity index (χ3v) is 3.65. The summed E-state index contributed by atoms with van der Waals surface area (Å²) in [7, 11) is -2.90. The van der Waals surface area contributed by atoms with Gasteiger partial charge in [-0.2, -0.15) is 0 Å². The number of nitrogens with one attached hydrogen (secondary N) is 1. The first-order valence-electron chi connectivity index (χ1n) is 5.49. The van der Waals surface area contributed by atoms with Crippen molar-refractivity contribution in [2.24, 2.45) is 0 Å². The molecule has 0 aliphatic carbocycles. The fraction of sp³-hybridized carbons (Fsp3) is 1.00. The van der Waals surface area contributed by atoms with Crippen molar-refractivity contribution < 1.29 is 13.2 Å². The van der Waals surface area contributed by atoms with E-state index in [0.29, 0.717) is 32.2 Å². The van der Waals surface area contributed by atoms with Crippen LogP contribution in [-0.2, 0) is 14.6 Å². The van der Waals surface area contributed by atoms with Crippen molar-refractivity contribution in [1.29, 1.82) is 0 Å². The molecule has 15 heavy (non-hydrogen) atoms. The van der Waals surface area contributed by atoms with Crippen LogP contribution in [0.1, 0.15) is 27.2 Å². The van der Waals surface area contributed by atoms with Gasteiger partial charge in [-0.25, -0.2) is 8.42 Å². The Balaban J connectivity index is 3.59. The molecule has 0 fully saturated rings. The highest BCUT2D eigenvalue weighted by Crippen LogP contribution is 1.94. The maximum atomic E-state index is 11.5. The summed E-state index contributed by atoms with van der Waals surface area (Å²) in [6.45, 7) is 7.63. The van der Waals surface area contributed by atoms with Crippen molar-refractivity contribution in [3.8, 4) is 0 Å². The number of rotatable bonds is 9. The lowest BCUT2D eigenvalue weighted by molar-refractivity contribution is 0.148. The Morgan fingerprint density at radius 2 is 1.93 bits per heavy atom. The lowest BCUT2D eigenvalue weighted by Crippen LogP contribution is -2.29. The predicted molar refractivity (Wildman–Crippen MR) is 62.9 cm³/mol. The Morgan fingerprint density at radius 1 is 1.27 bits per heavy atom. The standard InChI is InChI=1S/C10H23NO3S/c1-4-14-7-5-8-15(12,13)9-6-11-10(2)3/h10-11H,4-9H2,1-3H3. The third-order valence-electron chi connectivity index (χ3n) is 1.91. The molecule has 0 amide bonds. The molecule has 0 aromatic rings. The minimum atomic E-state index is -2.90. The molecule has 0 bridgehead atoms. The average molecular weight is 237 g/mol. The molecule has 0 unspecified atom stereocenters. The molecule has 0 spiro atoms. The molecule has 4 nitrogen and oxygen atoms in total. The van der Waals surface area contributed by atoms with E-state index < -0.39 is 9.84 Å². The zero-order valence-electron chi connectivity index (χ0n) is 9.95. The Hall–Kier alpha value is -0.130. The van der Waals surface area contributed by atoms with Gasteiger partial charge in [-0.05, 0) is 13.3 Å². The van der Waals surface area contributed by atoms with Crippen LogP contribution in [-0.4, -0.2) is 45.7 Å². The van der Waals surface area contributed by atoms with Crippen molar-refractivity contribution >= 4 is 9.84 Å². The van der Waals surface area contributed by atoms with Gasteiger partial charge in [0, 0.05) is 25.8 Å². The topological polar surface area (TPSA) is 55.4 Å². The van der Waals surface area contributed by atoms with E-state index in [1.807, 2.05) is 20.8 Å². The van der Waals surface area contributed by atoms with Crippen LogP contribution in [0.15, 0.2) is 0 Å². The minimum absolute atomic E-state index is 0.220. The van der Waals surface area contributed by atoms with Crippen molar-refractivity contribution in [3.63, 3.8) is 0 Å². The van der Waals surface area contributed by atoms with Crippen LogP contribution >= 0.6 is 0 Å².